The number of aromatic nitrogens is 2. The predicted molar refractivity (Wildman–Crippen MR) is 84.5 cm³/mol. The lowest BCUT2D eigenvalue weighted by molar-refractivity contribution is 0.0833. The summed E-state index contributed by atoms with van der Waals surface area (Å²) in [5.41, 5.74) is 1.61. The molecule has 1 aromatic carbocycles. The number of carbonyl (C=O) groups excluding carboxylic acids is 1. The molecule has 1 heterocycles. The summed E-state index contributed by atoms with van der Waals surface area (Å²) in [7, 11) is 0. The Balaban J connectivity index is 1.83. The molecule has 1 amide bonds. The van der Waals surface area contributed by atoms with Crippen LogP contribution in [0.3, 0.4) is 0 Å². The first-order chi connectivity index (χ1) is 10.6. The van der Waals surface area contributed by atoms with Crippen LogP contribution in [0.1, 0.15) is 41.9 Å². The van der Waals surface area contributed by atoms with Crippen molar-refractivity contribution >= 4 is 5.91 Å². The zero-order chi connectivity index (χ0) is 15.6. The van der Waals surface area contributed by atoms with Crippen LogP contribution < -0.4 is 5.32 Å². The molecule has 0 spiro atoms. The van der Waals surface area contributed by atoms with Crippen molar-refractivity contribution in [3.8, 4) is 11.4 Å². The van der Waals surface area contributed by atoms with Crippen molar-refractivity contribution in [1.82, 2.24) is 15.3 Å². The van der Waals surface area contributed by atoms with Gasteiger partial charge in [-0.05, 0) is 19.8 Å². The number of aryl methyl sites for hydroxylation is 1. The zero-order valence-corrected chi connectivity index (χ0v) is 12.7. The maximum atomic E-state index is 12.5. The van der Waals surface area contributed by atoms with E-state index in [-0.39, 0.29) is 12.5 Å². The van der Waals surface area contributed by atoms with Crippen molar-refractivity contribution < 1.29 is 9.90 Å². The third-order valence-corrected chi connectivity index (χ3v) is 4.39. The highest BCUT2D eigenvalue weighted by molar-refractivity contribution is 5.94. The third kappa shape index (κ3) is 2.76. The molecule has 1 aliphatic rings. The van der Waals surface area contributed by atoms with E-state index in [0.717, 1.165) is 36.9 Å². The third-order valence-electron chi connectivity index (χ3n) is 4.39. The van der Waals surface area contributed by atoms with Crippen LogP contribution in [0.25, 0.3) is 11.4 Å². The Morgan fingerprint density at radius 1 is 1.32 bits per heavy atom. The number of aromatic amines is 1. The average Bonchev–Trinajstić information content (AvgIpc) is 3.15. The molecule has 0 saturated heterocycles. The number of carbonyl (C=O) groups is 1. The predicted octanol–water partition coefficient (Wildman–Crippen LogP) is 2.42. The highest BCUT2D eigenvalue weighted by atomic mass is 16.3. The smallest absolute Gasteiger partial charge is 0.272 e. The number of amides is 1. The van der Waals surface area contributed by atoms with E-state index in [1.807, 2.05) is 37.3 Å². The fourth-order valence-corrected chi connectivity index (χ4v) is 3.09. The fourth-order valence-electron chi connectivity index (χ4n) is 3.09. The van der Waals surface area contributed by atoms with Crippen LogP contribution in [0.2, 0.25) is 0 Å². The van der Waals surface area contributed by atoms with E-state index in [0.29, 0.717) is 11.5 Å². The first kappa shape index (κ1) is 14.8. The van der Waals surface area contributed by atoms with E-state index in [1.165, 1.54) is 0 Å². The number of hydrogen-bond acceptors (Lipinski definition) is 3. The van der Waals surface area contributed by atoms with Gasteiger partial charge in [0.1, 0.15) is 11.5 Å². The molecule has 1 aromatic heterocycles. The summed E-state index contributed by atoms with van der Waals surface area (Å²) in [5.74, 6) is 0.472. The number of imidazole rings is 1. The topological polar surface area (TPSA) is 78.0 Å². The zero-order valence-electron chi connectivity index (χ0n) is 12.7. The van der Waals surface area contributed by atoms with Gasteiger partial charge in [-0.2, -0.15) is 0 Å². The number of benzene rings is 1. The van der Waals surface area contributed by atoms with E-state index in [2.05, 4.69) is 15.3 Å². The summed E-state index contributed by atoms with van der Waals surface area (Å²) < 4.78 is 0. The van der Waals surface area contributed by atoms with Gasteiger partial charge in [0.25, 0.3) is 5.91 Å². The molecule has 0 bridgehead atoms. The van der Waals surface area contributed by atoms with E-state index >= 15 is 0 Å². The van der Waals surface area contributed by atoms with Gasteiger partial charge >= 0.3 is 0 Å². The van der Waals surface area contributed by atoms with Crippen molar-refractivity contribution in [2.75, 3.05) is 6.61 Å². The standard InChI is InChI=1S/C17H21N3O2/c1-12-14(16(22)20-17(11-21)9-5-6-10-17)19-15(18-12)13-7-3-2-4-8-13/h2-4,7-8,21H,5-6,9-11H2,1H3,(H,18,19)(H,20,22). The van der Waals surface area contributed by atoms with Crippen molar-refractivity contribution in [1.29, 1.82) is 0 Å². The van der Waals surface area contributed by atoms with Crippen molar-refractivity contribution in [2.24, 2.45) is 0 Å². The molecule has 1 saturated carbocycles. The van der Waals surface area contributed by atoms with Crippen molar-refractivity contribution in [3.05, 3.63) is 41.7 Å². The summed E-state index contributed by atoms with van der Waals surface area (Å²) >= 11 is 0. The lowest BCUT2D eigenvalue weighted by atomic mass is 9.98. The van der Waals surface area contributed by atoms with E-state index in [1.54, 1.807) is 0 Å². The quantitative estimate of drug-likeness (QED) is 0.811. The molecule has 0 aliphatic heterocycles. The second-order valence-corrected chi connectivity index (χ2v) is 6.02. The number of hydrogen-bond donors (Lipinski definition) is 3. The Bertz CT molecular complexity index is 658. The summed E-state index contributed by atoms with van der Waals surface area (Å²) in [6.07, 6.45) is 3.72. The molecule has 2 aromatic rings. The van der Waals surface area contributed by atoms with Gasteiger partial charge in [-0.25, -0.2) is 4.98 Å². The highest BCUT2D eigenvalue weighted by Crippen LogP contribution is 2.29. The average molecular weight is 299 g/mol. The van der Waals surface area contributed by atoms with Crippen molar-refractivity contribution in [3.63, 3.8) is 0 Å². The normalized spacial score (nSPS) is 16.6. The van der Waals surface area contributed by atoms with Gasteiger partial charge in [0.15, 0.2) is 0 Å². The summed E-state index contributed by atoms with van der Waals surface area (Å²) in [6, 6.07) is 9.72. The minimum atomic E-state index is -0.477. The van der Waals surface area contributed by atoms with E-state index < -0.39 is 5.54 Å². The molecule has 116 valence electrons. The maximum absolute atomic E-state index is 12.5. The fraction of sp³-hybridized carbons (Fsp3) is 0.412. The minimum absolute atomic E-state index is 0.0201. The Morgan fingerprint density at radius 2 is 2.00 bits per heavy atom. The van der Waals surface area contributed by atoms with Crippen molar-refractivity contribution in [2.45, 2.75) is 38.1 Å². The first-order valence-electron chi connectivity index (χ1n) is 7.69. The van der Waals surface area contributed by atoms with Crippen LogP contribution in [0.15, 0.2) is 30.3 Å². The van der Waals surface area contributed by atoms with Crippen LogP contribution >= 0.6 is 0 Å². The molecule has 3 rings (SSSR count). The number of H-pyrrole nitrogens is 1. The van der Waals surface area contributed by atoms with Crippen LogP contribution in [0.5, 0.6) is 0 Å². The van der Waals surface area contributed by atoms with E-state index in [9.17, 15) is 9.90 Å². The summed E-state index contributed by atoms with van der Waals surface area (Å²) in [4.78, 5) is 20.1. The molecular formula is C17H21N3O2. The molecule has 0 unspecified atom stereocenters. The molecule has 3 N–H and O–H groups in total. The first-order valence-corrected chi connectivity index (χ1v) is 7.69. The molecule has 1 fully saturated rings. The molecule has 5 heteroatoms. The lowest BCUT2D eigenvalue weighted by Crippen LogP contribution is -2.49. The SMILES string of the molecule is Cc1[nH]c(-c2ccccc2)nc1C(=O)NC1(CO)CCCC1. The van der Waals surface area contributed by atoms with Gasteiger partial charge in [0.05, 0.1) is 12.1 Å². The Morgan fingerprint density at radius 3 is 2.64 bits per heavy atom. The molecule has 1 aliphatic carbocycles. The van der Waals surface area contributed by atoms with Gasteiger partial charge in [-0.1, -0.05) is 43.2 Å². The Kier molecular flexibility index (Phi) is 3.98. The Labute approximate surface area is 129 Å². The van der Waals surface area contributed by atoms with Crippen LogP contribution in [0.4, 0.5) is 0 Å². The number of aliphatic hydroxyl groups is 1. The maximum Gasteiger partial charge on any atom is 0.272 e. The van der Waals surface area contributed by atoms with Crippen LogP contribution in [-0.4, -0.2) is 33.1 Å². The highest BCUT2D eigenvalue weighted by Gasteiger charge is 2.35. The number of nitrogens with zero attached hydrogens (tertiary/aromatic N) is 1. The summed E-state index contributed by atoms with van der Waals surface area (Å²) in [6.45, 7) is 1.82. The van der Waals surface area contributed by atoms with Gasteiger partial charge in [0.2, 0.25) is 0 Å². The van der Waals surface area contributed by atoms with Gasteiger partial charge in [-0.15, -0.1) is 0 Å². The van der Waals surface area contributed by atoms with E-state index in [4.69, 9.17) is 0 Å². The number of nitrogens with one attached hydrogen (secondary N) is 2. The molecular weight excluding hydrogens is 278 g/mol. The second kappa shape index (κ2) is 5.93. The number of rotatable bonds is 4. The number of aliphatic hydroxyl groups excluding tert-OH is 1. The van der Waals surface area contributed by atoms with Gasteiger partial charge < -0.3 is 15.4 Å². The molecule has 5 nitrogen and oxygen atoms in total. The van der Waals surface area contributed by atoms with Gasteiger partial charge in [0, 0.05) is 11.3 Å². The summed E-state index contributed by atoms with van der Waals surface area (Å²) in [5, 5.41) is 12.6. The van der Waals surface area contributed by atoms with Gasteiger partial charge in [-0.3, -0.25) is 4.79 Å². The largest absolute Gasteiger partial charge is 0.394 e. The minimum Gasteiger partial charge on any atom is -0.394 e. The second-order valence-electron chi connectivity index (χ2n) is 6.02. The monoisotopic (exact) mass is 299 g/mol. The van der Waals surface area contributed by atoms with Crippen LogP contribution in [-0.2, 0) is 0 Å². The lowest BCUT2D eigenvalue weighted by Gasteiger charge is -2.27. The molecule has 22 heavy (non-hydrogen) atoms. The van der Waals surface area contributed by atoms with Crippen LogP contribution in [0, 0.1) is 6.92 Å². The molecule has 0 atom stereocenters. The Hall–Kier alpha value is -2.14. The molecule has 0 radical (unpaired) electrons.